The lowest BCUT2D eigenvalue weighted by Crippen LogP contribution is -2.22. The summed E-state index contributed by atoms with van der Waals surface area (Å²) in [5, 5.41) is 9.43. The molecule has 0 aliphatic heterocycles. The molecule has 0 saturated carbocycles. The Bertz CT molecular complexity index is 1500. The number of rotatable bonds is 5. The number of nitrogen functional groups attached to an aromatic ring is 1. The highest BCUT2D eigenvalue weighted by Crippen LogP contribution is 2.37. The Balaban J connectivity index is 1.95. The van der Waals surface area contributed by atoms with E-state index < -0.39 is 21.6 Å². The molecule has 11 heteroatoms. The van der Waals surface area contributed by atoms with Gasteiger partial charge in [0.15, 0.2) is 0 Å². The van der Waals surface area contributed by atoms with Crippen LogP contribution < -0.4 is 11.3 Å². The summed E-state index contributed by atoms with van der Waals surface area (Å²) in [4.78, 5) is 33.8. The number of anilines is 1. The summed E-state index contributed by atoms with van der Waals surface area (Å²) >= 11 is 0. The number of sulfonamides is 1. The first-order valence-electron chi connectivity index (χ1n) is 9.37. The van der Waals surface area contributed by atoms with Crippen LogP contribution in [0.2, 0.25) is 0 Å². The molecule has 0 bridgehead atoms. The van der Waals surface area contributed by atoms with Crippen molar-refractivity contribution in [3.63, 3.8) is 0 Å². The monoisotopic (exact) mass is 453 g/mol. The van der Waals surface area contributed by atoms with Crippen molar-refractivity contribution in [3.8, 4) is 22.4 Å². The van der Waals surface area contributed by atoms with Crippen LogP contribution in [0.3, 0.4) is 0 Å². The van der Waals surface area contributed by atoms with Crippen molar-refractivity contribution >= 4 is 33.0 Å². The first-order chi connectivity index (χ1) is 15.1. The van der Waals surface area contributed by atoms with Gasteiger partial charge in [-0.25, -0.2) is 17.5 Å². The van der Waals surface area contributed by atoms with Gasteiger partial charge >= 0.3 is 5.97 Å². The lowest BCUT2D eigenvalue weighted by Gasteiger charge is -2.12. The highest BCUT2D eigenvalue weighted by atomic mass is 32.2. The molecule has 164 valence electrons. The number of carboxylic acids is 1. The minimum absolute atomic E-state index is 0.0597. The number of fused-ring (bicyclic) bond motifs is 1. The fourth-order valence-electron chi connectivity index (χ4n) is 3.41. The van der Waals surface area contributed by atoms with Crippen LogP contribution in [0.15, 0.2) is 58.2 Å². The Kier molecular flexibility index (Phi) is 5.07. The number of hydrogen-bond donors (Lipinski definition) is 4. The molecule has 4 rings (SSSR count). The van der Waals surface area contributed by atoms with Gasteiger partial charge in [-0.15, -0.1) is 0 Å². The van der Waals surface area contributed by atoms with Crippen molar-refractivity contribution in [2.75, 3.05) is 19.8 Å². The third-order valence-electron chi connectivity index (χ3n) is 5.02. The zero-order valence-electron chi connectivity index (χ0n) is 17.1. The lowest BCUT2D eigenvalue weighted by molar-refractivity contribution is 0.0697. The molecule has 0 aliphatic carbocycles. The Morgan fingerprint density at radius 3 is 2.16 bits per heavy atom. The molecule has 0 fully saturated rings. The predicted molar refractivity (Wildman–Crippen MR) is 120 cm³/mol. The molecule has 10 nitrogen and oxygen atoms in total. The van der Waals surface area contributed by atoms with Gasteiger partial charge in [0.2, 0.25) is 16.0 Å². The molecule has 0 atom stereocenters. The van der Waals surface area contributed by atoms with Gasteiger partial charge in [-0.1, -0.05) is 24.3 Å². The molecular weight excluding hydrogens is 434 g/mol. The van der Waals surface area contributed by atoms with E-state index in [2.05, 4.69) is 15.0 Å². The first kappa shape index (κ1) is 21.3. The predicted octanol–water partition coefficient (Wildman–Crippen LogP) is 2.12. The van der Waals surface area contributed by atoms with Gasteiger partial charge < -0.3 is 15.8 Å². The standard InChI is InChI=1S/C21H19N5O5S/c1-26(2)32(30,31)14-9-7-12(8-10-14)17-15(11-3-5-13(6-4-11)20(28)29)16-18(23-17)24-21(22)25-19(16)27/h3-10H,1-2H3,(H,28,29)(H4,22,23,24,25,27). The second-order valence-electron chi connectivity index (χ2n) is 7.24. The molecule has 2 heterocycles. The topological polar surface area (TPSA) is 162 Å². The van der Waals surface area contributed by atoms with Crippen molar-refractivity contribution in [1.29, 1.82) is 0 Å². The zero-order valence-corrected chi connectivity index (χ0v) is 17.9. The minimum Gasteiger partial charge on any atom is -0.478 e. The fourth-order valence-corrected chi connectivity index (χ4v) is 4.31. The second kappa shape index (κ2) is 7.62. The summed E-state index contributed by atoms with van der Waals surface area (Å²) < 4.78 is 25.9. The Morgan fingerprint density at radius 1 is 1.00 bits per heavy atom. The van der Waals surface area contributed by atoms with Gasteiger partial charge in [0.1, 0.15) is 5.65 Å². The summed E-state index contributed by atoms with van der Waals surface area (Å²) in [5.74, 6) is -1.13. The van der Waals surface area contributed by atoms with Gasteiger partial charge in [-0.05, 0) is 35.4 Å². The van der Waals surface area contributed by atoms with E-state index in [9.17, 15) is 23.1 Å². The van der Waals surface area contributed by atoms with Crippen molar-refractivity contribution in [3.05, 3.63) is 64.4 Å². The fraction of sp³-hybridized carbons (Fsp3) is 0.0952. The van der Waals surface area contributed by atoms with Crippen LogP contribution in [-0.2, 0) is 10.0 Å². The van der Waals surface area contributed by atoms with Gasteiger partial charge in [-0.3, -0.25) is 9.78 Å². The highest BCUT2D eigenvalue weighted by molar-refractivity contribution is 7.89. The van der Waals surface area contributed by atoms with Gasteiger partial charge in [0, 0.05) is 19.7 Å². The number of benzene rings is 2. The molecule has 2 aromatic carbocycles. The molecule has 0 aliphatic rings. The van der Waals surface area contributed by atoms with Crippen molar-refractivity contribution in [2.24, 2.45) is 0 Å². The van der Waals surface area contributed by atoms with E-state index in [4.69, 9.17) is 5.73 Å². The van der Waals surface area contributed by atoms with Crippen LogP contribution in [0.5, 0.6) is 0 Å². The van der Waals surface area contributed by atoms with Crippen molar-refractivity contribution < 1.29 is 18.3 Å². The number of aromatic nitrogens is 3. The van der Waals surface area contributed by atoms with Crippen LogP contribution in [0.1, 0.15) is 10.4 Å². The number of carboxylic acid groups (broad SMARTS) is 1. The van der Waals surface area contributed by atoms with E-state index in [1.165, 1.54) is 38.4 Å². The SMILES string of the molecule is CN(C)S(=O)(=O)c1ccc(-c2[nH]c3nc(N)[nH]c(=O)c3c2-c2ccc(C(=O)O)cc2)cc1. The van der Waals surface area contributed by atoms with Crippen LogP contribution in [0.25, 0.3) is 33.4 Å². The summed E-state index contributed by atoms with van der Waals surface area (Å²) in [5.41, 5.74) is 7.78. The Morgan fingerprint density at radius 2 is 1.59 bits per heavy atom. The van der Waals surface area contributed by atoms with Crippen LogP contribution in [0, 0.1) is 0 Å². The number of hydrogen-bond acceptors (Lipinski definition) is 6. The summed E-state index contributed by atoms with van der Waals surface area (Å²) in [6.07, 6.45) is 0. The maximum atomic E-state index is 12.7. The van der Waals surface area contributed by atoms with E-state index in [1.54, 1.807) is 24.3 Å². The van der Waals surface area contributed by atoms with E-state index in [1.807, 2.05) is 0 Å². The molecule has 32 heavy (non-hydrogen) atoms. The smallest absolute Gasteiger partial charge is 0.335 e. The number of aromatic amines is 2. The van der Waals surface area contributed by atoms with E-state index in [0.717, 1.165) is 4.31 Å². The molecule has 0 unspecified atom stereocenters. The molecule has 0 spiro atoms. The van der Waals surface area contributed by atoms with E-state index in [0.29, 0.717) is 22.4 Å². The summed E-state index contributed by atoms with van der Waals surface area (Å²) in [6, 6.07) is 12.2. The van der Waals surface area contributed by atoms with Gasteiger partial charge in [-0.2, -0.15) is 4.98 Å². The van der Waals surface area contributed by atoms with E-state index >= 15 is 0 Å². The van der Waals surface area contributed by atoms with Gasteiger partial charge in [0.25, 0.3) is 5.56 Å². The maximum Gasteiger partial charge on any atom is 0.335 e. The number of nitrogens with one attached hydrogen (secondary N) is 2. The molecule has 2 aromatic heterocycles. The largest absolute Gasteiger partial charge is 0.478 e. The Hall–Kier alpha value is -3.96. The van der Waals surface area contributed by atoms with Crippen molar-refractivity contribution in [2.45, 2.75) is 4.90 Å². The van der Waals surface area contributed by atoms with E-state index in [-0.39, 0.29) is 27.4 Å². The van der Waals surface area contributed by atoms with Crippen LogP contribution in [-0.4, -0.2) is 52.8 Å². The summed E-state index contributed by atoms with van der Waals surface area (Å²) in [6.45, 7) is 0. The quantitative estimate of drug-likeness (QED) is 0.360. The molecule has 0 amide bonds. The average molecular weight is 453 g/mol. The molecule has 4 aromatic rings. The molecule has 0 saturated heterocycles. The third kappa shape index (κ3) is 3.53. The maximum absolute atomic E-state index is 12.7. The number of nitrogens with two attached hydrogens (primary N) is 1. The normalized spacial score (nSPS) is 11.8. The lowest BCUT2D eigenvalue weighted by atomic mass is 9.98. The summed E-state index contributed by atoms with van der Waals surface area (Å²) in [7, 11) is -0.711. The second-order valence-corrected chi connectivity index (χ2v) is 9.40. The average Bonchev–Trinajstić information content (AvgIpc) is 3.13. The minimum atomic E-state index is -3.60. The zero-order chi connectivity index (χ0) is 23.2. The molecular formula is C21H19N5O5S. The van der Waals surface area contributed by atoms with Crippen molar-refractivity contribution in [1.82, 2.24) is 19.3 Å². The third-order valence-corrected chi connectivity index (χ3v) is 6.85. The van der Waals surface area contributed by atoms with Crippen LogP contribution >= 0.6 is 0 Å². The number of H-pyrrole nitrogens is 2. The number of aromatic carboxylic acids is 1. The highest BCUT2D eigenvalue weighted by Gasteiger charge is 2.21. The molecule has 5 N–H and O–H groups in total. The number of nitrogens with zero attached hydrogens (tertiary/aromatic N) is 2. The van der Waals surface area contributed by atoms with Gasteiger partial charge in [0.05, 0.1) is 21.5 Å². The first-order valence-corrected chi connectivity index (χ1v) is 10.8. The van der Waals surface area contributed by atoms with Crippen LogP contribution in [0.4, 0.5) is 5.95 Å². The number of carbonyl (C=O) groups is 1. The molecule has 0 radical (unpaired) electrons. The Labute approximate surface area is 182 Å².